The Morgan fingerprint density at radius 3 is 3.10 bits per heavy atom. The molecule has 0 aromatic carbocycles. The van der Waals surface area contributed by atoms with Crippen LogP contribution in [0.3, 0.4) is 0 Å². The van der Waals surface area contributed by atoms with E-state index in [2.05, 4.69) is 20.2 Å². The van der Waals surface area contributed by atoms with Crippen LogP contribution in [-0.4, -0.2) is 38.0 Å². The number of H-pyrrole nitrogens is 2. The van der Waals surface area contributed by atoms with Crippen molar-refractivity contribution in [3.63, 3.8) is 0 Å². The van der Waals surface area contributed by atoms with Crippen molar-refractivity contribution in [2.45, 2.75) is 6.54 Å². The van der Waals surface area contributed by atoms with Crippen molar-refractivity contribution < 1.29 is 4.79 Å². The zero-order valence-corrected chi connectivity index (χ0v) is 11.6. The number of imidazole rings is 1. The van der Waals surface area contributed by atoms with Gasteiger partial charge in [-0.15, -0.1) is 11.3 Å². The minimum atomic E-state index is -0.0847. The summed E-state index contributed by atoms with van der Waals surface area (Å²) in [6, 6.07) is 3.91. The van der Waals surface area contributed by atoms with Crippen molar-refractivity contribution >= 4 is 17.2 Å². The lowest BCUT2D eigenvalue weighted by Crippen LogP contribution is -2.26. The van der Waals surface area contributed by atoms with Crippen molar-refractivity contribution in [1.29, 1.82) is 0 Å². The van der Waals surface area contributed by atoms with E-state index in [4.69, 9.17) is 0 Å². The van der Waals surface area contributed by atoms with Gasteiger partial charge in [0.2, 0.25) is 0 Å². The first-order chi connectivity index (χ1) is 9.75. The summed E-state index contributed by atoms with van der Waals surface area (Å²) in [4.78, 5) is 22.2. The molecule has 0 fully saturated rings. The second-order valence-electron chi connectivity index (χ2n) is 4.33. The average Bonchev–Trinajstić information content (AvgIpc) is 3.18. The monoisotopic (exact) mass is 287 g/mol. The van der Waals surface area contributed by atoms with E-state index >= 15 is 0 Å². The van der Waals surface area contributed by atoms with Crippen molar-refractivity contribution in [3.05, 3.63) is 47.5 Å². The Hall–Kier alpha value is -2.41. The van der Waals surface area contributed by atoms with Crippen LogP contribution in [0.2, 0.25) is 0 Å². The summed E-state index contributed by atoms with van der Waals surface area (Å²) < 4.78 is 0. The van der Waals surface area contributed by atoms with Crippen LogP contribution in [0.5, 0.6) is 0 Å². The number of aromatic nitrogens is 4. The number of hydrogen-bond donors (Lipinski definition) is 2. The third kappa shape index (κ3) is 2.35. The molecular formula is C13H13N5OS. The zero-order chi connectivity index (χ0) is 13.9. The Balaban J connectivity index is 1.82. The number of hydrogen-bond acceptors (Lipinski definition) is 4. The molecule has 3 aromatic rings. The number of carbonyl (C=O) groups is 1. The predicted octanol–water partition coefficient (Wildman–Crippen LogP) is 2.13. The van der Waals surface area contributed by atoms with Crippen LogP contribution in [0.15, 0.2) is 36.1 Å². The van der Waals surface area contributed by atoms with Crippen LogP contribution in [0.25, 0.3) is 10.6 Å². The van der Waals surface area contributed by atoms with Gasteiger partial charge in [-0.3, -0.25) is 9.89 Å². The maximum Gasteiger partial charge on any atom is 0.257 e. The van der Waals surface area contributed by atoms with Crippen LogP contribution in [0.1, 0.15) is 16.2 Å². The highest BCUT2D eigenvalue weighted by Crippen LogP contribution is 2.26. The number of nitrogens with zero attached hydrogens (tertiary/aromatic N) is 3. The molecule has 2 N–H and O–H groups in total. The number of thiophene rings is 1. The van der Waals surface area contributed by atoms with E-state index in [9.17, 15) is 4.79 Å². The fourth-order valence-electron chi connectivity index (χ4n) is 1.94. The highest BCUT2D eigenvalue weighted by Gasteiger charge is 2.19. The quantitative estimate of drug-likeness (QED) is 0.771. The highest BCUT2D eigenvalue weighted by molar-refractivity contribution is 7.13. The summed E-state index contributed by atoms with van der Waals surface area (Å²) in [5.41, 5.74) is 1.33. The molecule has 0 saturated heterocycles. The molecular weight excluding hydrogens is 274 g/mol. The summed E-state index contributed by atoms with van der Waals surface area (Å²) in [5.74, 6) is 0.667. The van der Waals surface area contributed by atoms with E-state index in [1.165, 1.54) is 0 Å². The van der Waals surface area contributed by atoms with Crippen molar-refractivity contribution in [2.75, 3.05) is 7.05 Å². The maximum atomic E-state index is 12.5. The lowest BCUT2D eigenvalue weighted by Gasteiger charge is -2.15. The molecule has 0 aliphatic rings. The third-order valence-electron chi connectivity index (χ3n) is 2.93. The van der Waals surface area contributed by atoms with Gasteiger partial charge in [0.15, 0.2) is 0 Å². The largest absolute Gasteiger partial charge is 0.347 e. The first kappa shape index (κ1) is 12.6. The van der Waals surface area contributed by atoms with Gasteiger partial charge in [0, 0.05) is 19.4 Å². The molecule has 3 heterocycles. The lowest BCUT2D eigenvalue weighted by molar-refractivity contribution is 0.0782. The molecule has 0 aliphatic carbocycles. The number of nitrogens with one attached hydrogen (secondary N) is 2. The third-order valence-corrected chi connectivity index (χ3v) is 3.81. The van der Waals surface area contributed by atoms with E-state index in [1.54, 1.807) is 41.9 Å². The summed E-state index contributed by atoms with van der Waals surface area (Å²) in [6.45, 7) is 0.431. The first-order valence-corrected chi connectivity index (χ1v) is 6.94. The van der Waals surface area contributed by atoms with Gasteiger partial charge in [-0.25, -0.2) is 4.98 Å². The molecule has 0 aliphatic heterocycles. The van der Waals surface area contributed by atoms with Gasteiger partial charge in [-0.2, -0.15) is 5.10 Å². The van der Waals surface area contributed by atoms with Gasteiger partial charge in [0.25, 0.3) is 5.91 Å². The Morgan fingerprint density at radius 1 is 1.50 bits per heavy atom. The molecule has 0 saturated carbocycles. The van der Waals surface area contributed by atoms with E-state index in [0.717, 1.165) is 16.4 Å². The number of amides is 1. The molecule has 3 aromatic heterocycles. The van der Waals surface area contributed by atoms with Crippen LogP contribution in [0, 0.1) is 0 Å². The topological polar surface area (TPSA) is 77.7 Å². The number of rotatable bonds is 4. The fraction of sp³-hybridized carbons (Fsp3) is 0.154. The van der Waals surface area contributed by atoms with Crippen molar-refractivity contribution in [3.8, 4) is 10.6 Å². The van der Waals surface area contributed by atoms with E-state index in [0.29, 0.717) is 12.1 Å². The summed E-state index contributed by atoms with van der Waals surface area (Å²) in [6.07, 6.45) is 4.97. The average molecular weight is 287 g/mol. The Bertz CT molecular complexity index is 686. The van der Waals surface area contributed by atoms with Crippen molar-refractivity contribution in [1.82, 2.24) is 25.1 Å². The molecule has 20 heavy (non-hydrogen) atoms. The Labute approximate surface area is 119 Å². The molecule has 102 valence electrons. The summed E-state index contributed by atoms with van der Waals surface area (Å²) in [5, 5.41) is 8.85. The van der Waals surface area contributed by atoms with Gasteiger partial charge in [-0.1, -0.05) is 6.07 Å². The lowest BCUT2D eigenvalue weighted by atomic mass is 10.2. The smallest absolute Gasteiger partial charge is 0.257 e. The van der Waals surface area contributed by atoms with Gasteiger partial charge in [-0.05, 0) is 11.4 Å². The SMILES string of the molecule is CN(Cc1ncc[nH]1)C(=O)c1cn[nH]c1-c1cccs1. The van der Waals surface area contributed by atoms with Gasteiger partial charge in [0.1, 0.15) is 5.82 Å². The number of aromatic amines is 2. The Morgan fingerprint density at radius 2 is 2.40 bits per heavy atom. The van der Waals surface area contributed by atoms with Crippen LogP contribution in [-0.2, 0) is 6.54 Å². The molecule has 6 nitrogen and oxygen atoms in total. The van der Waals surface area contributed by atoms with E-state index < -0.39 is 0 Å². The van der Waals surface area contributed by atoms with Crippen LogP contribution < -0.4 is 0 Å². The second-order valence-corrected chi connectivity index (χ2v) is 5.28. The van der Waals surface area contributed by atoms with E-state index in [-0.39, 0.29) is 5.91 Å². The predicted molar refractivity (Wildman–Crippen MR) is 76.3 cm³/mol. The second kappa shape index (κ2) is 5.30. The molecule has 0 atom stereocenters. The molecule has 0 bridgehead atoms. The molecule has 0 radical (unpaired) electrons. The molecule has 3 rings (SSSR count). The van der Waals surface area contributed by atoms with E-state index in [1.807, 2.05) is 17.5 Å². The van der Waals surface area contributed by atoms with Gasteiger partial charge >= 0.3 is 0 Å². The maximum absolute atomic E-state index is 12.5. The zero-order valence-electron chi connectivity index (χ0n) is 10.8. The van der Waals surface area contributed by atoms with Crippen LogP contribution in [0.4, 0.5) is 0 Å². The summed E-state index contributed by atoms with van der Waals surface area (Å²) >= 11 is 1.57. The highest BCUT2D eigenvalue weighted by atomic mass is 32.1. The molecule has 1 amide bonds. The first-order valence-electron chi connectivity index (χ1n) is 6.06. The van der Waals surface area contributed by atoms with Gasteiger partial charge in [0.05, 0.1) is 28.9 Å². The minimum absolute atomic E-state index is 0.0847. The fourth-order valence-corrected chi connectivity index (χ4v) is 2.68. The van der Waals surface area contributed by atoms with Crippen LogP contribution >= 0.6 is 11.3 Å². The minimum Gasteiger partial charge on any atom is -0.347 e. The van der Waals surface area contributed by atoms with Gasteiger partial charge < -0.3 is 9.88 Å². The Kier molecular flexibility index (Phi) is 3.34. The summed E-state index contributed by atoms with van der Waals surface area (Å²) in [7, 11) is 1.75. The molecule has 0 unspecified atom stereocenters. The standard InChI is InChI=1S/C13H13N5OS/c1-18(8-11-14-4-5-15-11)13(19)9-7-16-17-12(9)10-3-2-6-20-10/h2-7H,8H2,1H3,(H,14,15)(H,16,17). The number of carbonyl (C=O) groups excluding carboxylic acids is 1. The molecule has 7 heteroatoms. The molecule has 0 spiro atoms. The van der Waals surface area contributed by atoms with Crippen molar-refractivity contribution in [2.24, 2.45) is 0 Å². The normalized spacial score (nSPS) is 10.7.